The third-order valence-corrected chi connectivity index (χ3v) is 4.10. The normalized spacial score (nSPS) is 19.1. The van der Waals surface area contributed by atoms with Crippen LogP contribution in [0.25, 0.3) is 0 Å². The number of carbonyl (C=O) groups is 1. The standard InChI is InChI=1S/C14H15N3OS.2ClH/c1-8-16-7-13(19-8)17-14(18)10-4-2-3-9(5-10)11-6-12(11)15;;/h2-5,7,11-12H,6,15H2,1H3,(H,17,18);2*1H/t11-,12+;;/m0../s1. The minimum Gasteiger partial charge on any atom is -0.327 e. The van der Waals surface area contributed by atoms with Crippen LogP contribution in [0, 0.1) is 6.92 Å². The van der Waals surface area contributed by atoms with Gasteiger partial charge in [-0.1, -0.05) is 12.1 Å². The third-order valence-electron chi connectivity index (χ3n) is 3.27. The zero-order valence-electron chi connectivity index (χ0n) is 11.4. The summed E-state index contributed by atoms with van der Waals surface area (Å²) in [6, 6.07) is 7.95. The maximum absolute atomic E-state index is 12.1. The van der Waals surface area contributed by atoms with Crippen LogP contribution >= 0.6 is 36.2 Å². The molecule has 1 aliphatic carbocycles. The van der Waals surface area contributed by atoms with Crippen LogP contribution in [0.4, 0.5) is 5.00 Å². The number of nitrogens with one attached hydrogen (secondary N) is 1. The average Bonchev–Trinajstić information content (AvgIpc) is 3.00. The zero-order chi connectivity index (χ0) is 13.4. The van der Waals surface area contributed by atoms with Crippen LogP contribution in [0.15, 0.2) is 30.5 Å². The summed E-state index contributed by atoms with van der Waals surface area (Å²) in [7, 11) is 0. The van der Waals surface area contributed by atoms with Crippen molar-refractivity contribution in [2.45, 2.75) is 25.3 Å². The summed E-state index contributed by atoms with van der Waals surface area (Å²) in [6.45, 7) is 1.91. The number of hydrogen-bond acceptors (Lipinski definition) is 4. The summed E-state index contributed by atoms with van der Waals surface area (Å²) in [6.07, 6.45) is 2.69. The predicted octanol–water partition coefficient (Wildman–Crippen LogP) is 3.36. The van der Waals surface area contributed by atoms with Gasteiger partial charge in [0.1, 0.15) is 5.00 Å². The minimum atomic E-state index is -0.0975. The number of nitrogens with zero attached hydrogens (tertiary/aromatic N) is 1. The fourth-order valence-electron chi connectivity index (χ4n) is 2.11. The first-order valence-electron chi connectivity index (χ1n) is 6.23. The smallest absolute Gasteiger partial charge is 0.256 e. The molecule has 7 heteroatoms. The van der Waals surface area contributed by atoms with Gasteiger partial charge in [0.15, 0.2) is 0 Å². The van der Waals surface area contributed by atoms with Crippen LogP contribution in [0.3, 0.4) is 0 Å². The van der Waals surface area contributed by atoms with E-state index in [-0.39, 0.29) is 36.8 Å². The van der Waals surface area contributed by atoms with Crippen molar-refractivity contribution in [1.82, 2.24) is 4.98 Å². The molecule has 1 amide bonds. The first-order valence-corrected chi connectivity index (χ1v) is 7.04. The van der Waals surface area contributed by atoms with Gasteiger partial charge in [-0.25, -0.2) is 4.98 Å². The van der Waals surface area contributed by atoms with E-state index >= 15 is 0 Å². The molecule has 0 aliphatic heterocycles. The minimum absolute atomic E-state index is 0. The molecule has 2 aromatic rings. The first-order chi connectivity index (χ1) is 9.13. The van der Waals surface area contributed by atoms with Crippen LogP contribution in [-0.2, 0) is 0 Å². The zero-order valence-corrected chi connectivity index (χ0v) is 13.9. The second-order valence-corrected chi connectivity index (χ2v) is 6.06. The van der Waals surface area contributed by atoms with Gasteiger partial charge in [0, 0.05) is 17.5 Å². The lowest BCUT2D eigenvalue weighted by atomic mass is 10.1. The molecule has 3 rings (SSSR count). The molecule has 1 aliphatic rings. The van der Waals surface area contributed by atoms with Crippen molar-refractivity contribution < 1.29 is 4.79 Å². The van der Waals surface area contributed by atoms with Gasteiger partial charge >= 0.3 is 0 Å². The van der Waals surface area contributed by atoms with Crippen LogP contribution < -0.4 is 11.1 Å². The number of aryl methyl sites for hydroxylation is 1. The lowest BCUT2D eigenvalue weighted by Gasteiger charge is -2.04. The Bertz CT molecular complexity index is 632. The molecule has 1 aromatic carbocycles. The molecule has 0 unspecified atom stereocenters. The van der Waals surface area contributed by atoms with Gasteiger partial charge in [0.2, 0.25) is 0 Å². The molecule has 1 saturated carbocycles. The number of nitrogens with two attached hydrogens (primary N) is 1. The Balaban J connectivity index is 0.00000110. The van der Waals surface area contributed by atoms with E-state index < -0.39 is 0 Å². The van der Waals surface area contributed by atoms with Gasteiger partial charge in [-0.05, 0) is 31.0 Å². The van der Waals surface area contributed by atoms with Crippen LogP contribution in [0.2, 0.25) is 0 Å². The molecule has 0 bridgehead atoms. The van der Waals surface area contributed by atoms with Crippen LogP contribution in [-0.4, -0.2) is 16.9 Å². The molecule has 1 heterocycles. The lowest BCUT2D eigenvalue weighted by molar-refractivity contribution is 0.102. The molecule has 1 fully saturated rings. The maximum atomic E-state index is 12.1. The highest BCUT2D eigenvalue weighted by Crippen LogP contribution is 2.39. The van der Waals surface area contributed by atoms with E-state index in [2.05, 4.69) is 10.3 Å². The first kappa shape index (κ1) is 17.9. The Kier molecular flexibility index (Phi) is 6.16. The Hall–Kier alpha value is -1.14. The number of carbonyl (C=O) groups excluding carboxylic acids is 1. The van der Waals surface area contributed by atoms with E-state index in [1.54, 1.807) is 6.20 Å². The quantitative estimate of drug-likeness (QED) is 0.895. The summed E-state index contributed by atoms with van der Waals surface area (Å²) in [5.41, 5.74) is 7.67. The summed E-state index contributed by atoms with van der Waals surface area (Å²) >= 11 is 1.47. The maximum Gasteiger partial charge on any atom is 0.256 e. The molecule has 3 N–H and O–H groups in total. The molecule has 0 saturated heterocycles. The monoisotopic (exact) mass is 345 g/mol. The summed E-state index contributed by atoms with van der Waals surface area (Å²) in [5, 5.41) is 4.57. The van der Waals surface area contributed by atoms with Crippen molar-refractivity contribution >= 4 is 47.1 Å². The van der Waals surface area contributed by atoms with E-state index in [4.69, 9.17) is 5.73 Å². The highest BCUT2D eigenvalue weighted by molar-refractivity contribution is 7.15. The Morgan fingerprint density at radius 1 is 1.43 bits per heavy atom. The molecule has 4 nitrogen and oxygen atoms in total. The fraction of sp³-hybridized carbons (Fsp3) is 0.286. The molecule has 2 atom stereocenters. The summed E-state index contributed by atoms with van der Waals surface area (Å²) in [4.78, 5) is 16.3. The highest BCUT2D eigenvalue weighted by Gasteiger charge is 2.34. The van der Waals surface area contributed by atoms with Crippen molar-refractivity contribution in [3.63, 3.8) is 0 Å². The third kappa shape index (κ3) is 4.17. The second kappa shape index (κ2) is 7.22. The van der Waals surface area contributed by atoms with E-state index in [0.29, 0.717) is 11.5 Å². The number of thiazole rings is 1. The van der Waals surface area contributed by atoms with Crippen molar-refractivity contribution in [1.29, 1.82) is 0 Å². The van der Waals surface area contributed by atoms with Crippen molar-refractivity contribution in [2.24, 2.45) is 5.73 Å². The topological polar surface area (TPSA) is 68.0 Å². The van der Waals surface area contributed by atoms with Crippen molar-refractivity contribution in [3.05, 3.63) is 46.6 Å². The largest absolute Gasteiger partial charge is 0.327 e. The Morgan fingerprint density at radius 3 is 2.71 bits per heavy atom. The van der Waals surface area contributed by atoms with Crippen LogP contribution in [0.5, 0.6) is 0 Å². The van der Waals surface area contributed by atoms with Gasteiger partial charge in [0.05, 0.1) is 11.2 Å². The number of halogens is 2. The van der Waals surface area contributed by atoms with Gasteiger partial charge in [0.25, 0.3) is 5.91 Å². The fourth-order valence-corrected chi connectivity index (χ4v) is 2.78. The molecule has 0 radical (unpaired) electrons. The van der Waals surface area contributed by atoms with E-state index in [1.807, 2.05) is 31.2 Å². The Morgan fingerprint density at radius 2 is 2.14 bits per heavy atom. The molecule has 21 heavy (non-hydrogen) atoms. The van der Waals surface area contributed by atoms with Crippen molar-refractivity contribution in [2.75, 3.05) is 5.32 Å². The summed E-state index contributed by atoms with van der Waals surface area (Å²) in [5.74, 6) is 0.318. The van der Waals surface area contributed by atoms with Gasteiger partial charge in [-0.3, -0.25) is 4.79 Å². The average molecular weight is 346 g/mol. The van der Waals surface area contributed by atoms with Gasteiger partial charge < -0.3 is 11.1 Å². The number of hydrogen-bond donors (Lipinski definition) is 2. The molecule has 1 aromatic heterocycles. The van der Waals surface area contributed by atoms with E-state index in [9.17, 15) is 4.79 Å². The van der Waals surface area contributed by atoms with Crippen LogP contribution in [0.1, 0.15) is 33.3 Å². The number of anilines is 1. The van der Waals surface area contributed by atoms with Gasteiger partial charge in [-0.2, -0.15) is 0 Å². The number of amides is 1. The highest BCUT2D eigenvalue weighted by atomic mass is 35.5. The number of benzene rings is 1. The Labute approximate surface area is 140 Å². The lowest BCUT2D eigenvalue weighted by Crippen LogP contribution is -2.11. The predicted molar refractivity (Wildman–Crippen MR) is 91.1 cm³/mol. The second-order valence-electron chi connectivity index (χ2n) is 4.83. The molecular formula is C14H17Cl2N3OS. The molecule has 0 spiro atoms. The van der Waals surface area contributed by atoms with E-state index in [0.717, 1.165) is 22.0 Å². The summed E-state index contributed by atoms with van der Waals surface area (Å²) < 4.78 is 0. The van der Waals surface area contributed by atoms with Crippen molar-refractivity contribution in [3.8, 4) is 0 Å². The SMILES string of the molecule is Cc1ncc(NC(=O)c2cccc([C@@H]3C[C@H]3N)c2)s1.Cl.Cl. The number of rotatable bonds is 3. The van der Waals surface area contributed by atoms with Gasteiger partial charge in [-0.15, -0.1) is 36.2 Å². The molecular weight excluding hydrogens is 329 g/mol. The number of aromatic nitrogens is 1. The molecule has 114 valence electrons. The van der Waals surface area contributed by atoms with E-state index in [1.165, 1.54) is 11.3 Å².